The molecule has 1 atom stereocenters. The maximum absolute atomic E-state index is 10.6. The molecular weight excluding hydrogens is 158 g/mol. The first kappa shape index (κ1) is 9.45. The summed E-state index contributed by atoms with van der Waals surface area (Å²) in [7, 11) is 0. The average Bonchev–Trinajstić information content (AvgIpc) is 2.06. The molecule has 12 heavy (non-hydrogen) atoms. The van der Waals surface area contributed by atoms with Crippen LogP contribution in [0.2, 0.25) is 0 Å². The number of hydrogen-bond donors (Lipinski definition) is 0. The van der Waals surface area contributed by atoms with E-state index in [0.29, 0.717) is 6.61 Å². The van der Waals surface area contributed by atoms with Crippen LogP contribution in [0.25, 0.3) is 0 Å². The van der Waals surface area contributed by atoms with Crippen molar-refractivity contribution in [2.45, 2.75) is 44.8 Å². The molecule has 0 amide bonds. The van der Waals surface area contributed by atoms with Crippen molar-refractivity contribution in [3.63, 3.8) is 0 Å². The molecule has 1 heterocycles. The Hall–Kier alpha value is -0.640. The molecule has 0 saturated carbocycles. The van der Waals surface area contributed by atoms with Gasteiger partial charge in [-0.2, -0.15) is 0 Å². The fraction of sp³-hybridized carbons (Fsp3) is 1.00. The van der Waals surface area contributed by atoms with Crippen molar-refractivity contribution in [3.05, 3.63) is 10.1 Å². The molecule has 0 aromatic carbocycles. The summed E-state index contributed by atoms with van der Waals surface area (Å²) in [6.07, 6.45) is 2.68. The van der Waals surface area contributed by atoms with Gasteiger partial charge in [-0.25, -0.2) is 0 Å². The van der Waals surface area contributed by atoms with Gasteiger partial charge in [0.25, 0.3) is 0 Å². The van der Waals surface area contributed by atoms with Gasteiger partial charge in [-0.15, -0.1) is 0 Å². The molecule has 1 rings (SSSR count). The van der Waals surface area contributed by atoms with Crippen molar-refractivity contribution in [2.24, 2.45) is 0 Å². The number of ether oxygens (including phenoxy) is 1. The molecule has 0 radical (unpaired) electrons. The SMILES string of the molecule is CC(C)(C1CCCCO1)[N+](=O)[O-]. The number of hydrogen-bond acceptors (Lipinski definition) is 3. The van der Waals surface area contributed by atoms with Gasteiger partial charge in [0.2, 0.25) is 5.54 Å². The molecular formula is C8H15NO3. The lowest BCUT2D eigenvalue weighted by Crippen LogP contribution is -2.46. The van der Waals surface area contributed by atoms with E-state index < -0.39 is 5.54 Å². The predicted molar refractivity (Wildman–Crippen MR) is 44.7 cm³/mol. The van der Waals surface area contributed by atoms with Crippen LogP contribution in [0.1, 0.15) is 33.1 Å². The molecule has 0 aromatic heterocycles. The Kier molecular flexibility index (Phi) is 2.67. The molecule has 0 aromatic rings. The maximum Gasteiger partial charge on any atom is 0.242 e. The van der Waals surface area contributed by atoms with Crippen LogP contribution in [0.4, 0.5) is 0 Å². The van der Waals surface area contributed by atoms with Crippen molar-refractivity contribution < 1.29 is 9.66 Å². The van der Waals surface area contributed by atoms with E-state index in [0.717, 1.165) is 19.3 Å². The van der Waals surface area contributed by atoms with E-state index in [-0.39, 0.29) is 11.0 Å². The van der Waals surface area contributed by atoms with Crippen LogP contribution in [0.3, 0.4) is 0 Å². The Labute approximate surface area is 72.1 Å². The second kappa shape index (κ2) is 3.39. The Morgan fingerprint density at radius 3 is 2.58 bits per heavy atom. The molecule has 4 nitrogen and oxygen atoms in total. The lowest BCUT2D eigenvalue weighted by molar-refractivity contribution is -0.575. The second-order valence-corrected chi connectivity index (χ2v) is 3.77. The number of nitrogens with zero attached hydrogens (tertiary/aromatic N) is 1. The first-order valence-corrected chi connectivity index (χ1v) is 4.31. The van der Waals surface area contributed by atoms with E-state index in [1.54, 1.807) is 13.8 Å². The highest BCUT2D eigenvalue weighted by Gasteiger charge is 2.42. The van der Waals surface area contributed by atoms with Crippen LogP contribution in [0, 0.1) is 10.1 Å². The third-order valence-corrected chi connectivity index (χ3v) is 2.44. The molecule has 1 aliphatic rings. The highest BCUT2D eigenvalue weighted by atomic mass is 16.6. The fourth-order valence-corrected chi connectivity index (χ4v) is 1.42. The van der Waals surface area contributed by atoms with Crippen molar-refractivity contribution in [2.75, 3.05) is 6.61 Å². The smallest absolute Gasteiger partial charge is 0.242 e. The lowest BCUT2D eigenvalue weighted by atomic mass is 9.92. The minimum Gasteiger partial charge on any atom is -0.371 e. The van der Waals surface area contributed by atoms with Gasteiger partial charge in [-0.3, -0.25) is 10.1 Å². The maximum atomic E-state index is 10.6. The van der Waals surface area contributed by atoms with E-state index in [1.807, 2.05) is 0 Å². The number of nitro groups is 1. The first-order chi connectivity index (χ1) is 5.55. The second-order valence-electron chi connectivity index (χ2n) is 3.77. The summed E-state index contributed by atoms with van der Waals surface area (Å²) >= 11 is 0. The van der Waals surface area contributed by atoms with E-state index in [2.05, 4.69) is 0 Å². The van der Waals surface area contributed by atoms with Crippen molar-refractivity contribution in [3.8, 4) is 0 Å². The molecule has 0 spiro atoms. The third kappa shape index (κ3) is 1.75. The van der Waals surface area contributed by atoms with Crippen LogP contribution in [-0.2, 0) is 4.74 Å². The highest BCUT2D eigenvalue weighted by Crippen LogP contribution is 2.25. The normalized spacial score (nSPS) is 25.3. The Morgan fingerprint density at radius 2 is 2.17 bits per heavy atom. The molecule has 0 bridgehead atoms. The first-order valence-electron chi connectivity index (χ1n) is 4.31. The van der Waals surface area contributed by atoms with Gasteiger partial charge in [-0.05, 0) is 19.3 Å². The lowest BCUT2D eigenvalue weighted by Gasteiger charge is -2.29. The average molecular weight is 173 g/mol. The third-order valence-electron chi connectivity index (χ3n) is 2.44. The predicted octanol–water partition coefficient (Wildman–Crippen LogP) is 1.61. The molecule has 0 N–H and O–H groups in total. The van der Waals surface area contributed by atoms with Crippen LogP contribution in [0.15, 0.2) is 0 Å². The van der Waals surface area contributed by atoms with Crippen LogP contribution >= 0.6 is 0 Å². The Balaban J connectivity index is 2.59. The standard InChI is InChI=1S/C8H15NO3/c1-8(2,9(10)11)7-5-3-4-6-12-7/h7H,3-6H2,1-2H3. The molecule has 1 saturated heterocycles. The summed E-state index contributed by atoms with van der Waals surface area (Å²) in [4.78, 5) is 10.4. The van der Waals surface area contributed by atoms with E-state index in [4.69, 9.17) is 4.74 Å². The van der Waals surface area contributed by atoms with Crippen LogP contribution in [0.5, 0.6) is 0 Å². The van der Waals surface area contributed by atoms with Crippen molar-refractivity contribution in [1.29, 1.82) is 0 Å². The minimum atomic E-state index is -0.930. The molecule has 4 heteroatoms. The zero-order valence-corrected chi connectivity index (χ0v) is 7.58. The summed E-state index contributed by atoms with van der Waals surface area (Å²) in [5.41, 5.74) is -0.930. The molecule has 0 aliphatic carbocycles. The summed E-state index contributed by atoms with van der Waals surface area (Å²) in [6.45, 7) is 3.92. The van der Waals surface area contributed by atoms with E-state index >= 15 is 0 Å². The van der Waals surface area contributed by atoms with Crippen molar-refractivity contribution in [1.82, 2.24) is 0 Å². The van der Waals surface area contributed by atoms with Crippen LogP contribution < -0.4 is 0 Å². The zero-order chi connectivity index (χ0) is 9.19. The summed E-state index contributed by atoms with van der Waals surface area (Å²) < 4.78 is 5.36. The Morgan fingerprint density at radius 1 is 1.50 bits per heavy atom. The largest absolute Gasteiger partial charge is 0.371 e. The number of rotatable bonds is 2. The highest BCUT2D eigenvalue weighted by molar-refractivity contribution is 4.81. The van der Waals surface area contributed by atoms with Gasteiger partial charge in [0.1, 0.15) is 6.10 Å². The summed E-state index contributed by atoms with van der Waals surface area (Å²) in [6, 6.07) is 0. The van der Waals surface area contributed by atoms with Gasteiger partial charge >= 0.3 is 0 Å². The monoisotopic (exact) mass is 173 g/mol. The molecule has 70 valence electrons. The molecule has 1 aliphatic heterocycles. The quantitative estimate of drug-likeness (QED) is 0.471. The summed E-state index contributed by atoms with van der Waals surface area (Å²) in [5, 5.41) is 10.6. The van der Waals surface area contributed by atoms with Gasteiger partial charge in [0.05, 0.1) is 0 Å². The van der Waals surface area contributed by atoms with Gasteiger partial charge in [0.15, 0.2) is 0 Å². The van der Waals surface area contributed by atoms with Crippen LogP contribution in [-0.4, -0.2) is 23.2 Å². The minimum absolute atomic E-state index is 0.207. The Bertz CT molecular complexity index is 173. The van der Waals surface area contributed by atoms with Gasteiger partial charge < -0.3 is 4.74 Å². The van der Waals surface area contributed by atoms with Gasteiger partial charge in [-0.1, -0.05) is 0 Å². The van der Waals surface area contributed by atoms with Gasteiger partial charge in [0, 0.05) is 25.4 Å². The van der Waals surface area contributed by atoms with E-state index in [1.165, 1.54) is 0 Å². The van der Waals surface area contributed by atoms with Crippen molar-refractivity contribution >= 4 is 0 Å². The fourth-order valence-electron chi connectivity index (χ4n) is 1.42. The molecule has 1 unspecified atom stereocenters. The summed E-state index contributed by atoms with van der Waals surface area (Å²) in [5.74, 6) is 0. The topological polar surface area (TPSA) is 52.4 Å². The molecule has 1 fully saturated rings. The zero-order valence-electron chi connectivity index (χ0n) is 7.58. The van der Waals surface area contributed by atoms with E-state index in [9.17, 15) is 10.1 Å².